The lowest BCUT2D eigenvalue weighted by Gasteiger charge is -2.27. The highest BCUT2D eigenvalue weighted by Crippen LogP contribution is 2.29. The summed E-state index contributed by atoms with van der Waals surface area (Å²) < 4.78 is 32.4. The van der Waals surface area contributed by atoms with Crippen molar-refractivity contribution in [3.05, 3.63) is 59.2 Å². The normalized spacial score (nSPS) is 16.4. The average Bonchev–Trinajstić information content (AvgIpc) is 2.60. The molecule has 8 heteroatoms. The van der Waals surface area contributed by atoms with E-state index in [2.05, 4.69) is 16.0 Å². The Morgan fingerprint density at radius 3 is 2.75 bits per heavy atom. The molecule has 28 heavy (non-hydrogen) atoms. The lowest BCUT2D eigenvalue weighted by atomic mass is 10.0. The second-order valence-electron chi connectivity index (χ2n) is 6.73. The summed E-state index contributed by atoms with van der Waals surface area (Å²) in [6, 6.07) is 7.98. The summed E-state index contributed by atoms with van der Waals surface area (Å²) in [5, 5.41) is 8.25. The van der Waals surface area contributed by atoms with Gasteiger partial charge in [-0.15, -0.1) is 0 Å². The van der Waals surface area contributed by atoms with Crippen LogP contribution in [0.25, 0.3) is 0 Å². The van der Waals surface area contributed by atoms with E-state index < -0.39 is 23.7 Å². The van der Waals surface area contributed by atoms with Crippen LogP contribution in [-0.4, -0.2) is 24.6 Å². The number of hydrogen-bond acceptors (Lipinski definition) is 3. The Kier molecular flexibility index (Phi) is 5.77. The van der Waals surface area contributed by atoms with Crippen molar-refractivity contribution in [3.63, 3.8) is 0 Å². The van der Waals surface area contributed by atoms with Crippen molar-refractivity contribution in [2.24, 2.45) is 0 Å². The molecule has 2 unspecified atom stereocenters. The molecular formula is C20H21F2N3O3. The monoisotopic (exact) mass is 389 g/mol. The summed E-state index contributed by atoms with van der Waals surface area (Å²) in [5.74, 6) is -1.58. The molecule has 2 aromatic rings. The van der Waals surface area contributed by atoms with Gasteiger partial charge in [-0.05, 0) is 37.1 Å². The number of hydrogen-bond donors (Lipinski definition) is 3. The number of rotatable bonds is 4. The topological polar surface area (TPSA) is 79.5 Å². The Bertz CT molecular complexity index is 904. The number of carbonyl (C=O) groups is 2. The summed E-state index contributed by atoms with van der Waals surface area (Å²) in [6.07, 6.45) is 0.268. The van der Waals surface area contributed by atoms with Gasteiger partial charge in [-0.3, -0.25) is 4.79 Å². The van der Waals surface area contributed by atoms with Gasteiger partial charge in [-0.2, -0.15) is 0 Å². The number of carbonyl (C=O) groups excluding carboxylic acids is 2. The van der Waals surface area contributed by atoms with Crippen LogP contribution in [-0.2, 0) is 11.2 Å². The molecular weight excluding hydrogens is 368 g/mol. The predicted octanol–water partition coefficient (Wildman–Crippen LogP) is 3.29. The third-order valence-corrected chi connectivity index (χ3v) is 4.37. The van der Waals surface area contributed by atoms with Crippen LogP contribution in [0.5, 0.6) is 5.75 Å². The number of urea groups is 1. The number of benzene rings is 2. The van der Waals surface area contributed by atoms with Gasteiger partial charge >= 0.3 is 6.03 Å². The van der Waals surface area contributed by atoms with E-state index in [4.69, 9.17) is 4.74 Å². The van der Waals surface area contributed by atoms with E-state index in [-0.39, 0.29) is 30.7 Å². The zero-order valence-electron chi connectivity index (χ0n) is 15.5. The van der Waals surface area contributed by atoms with E-state index in [0.29, 0.717) is 11.3 Å². The van der Waals surface area contributed by atoms with Crippen molar-refractivity contribution < 1.29 is 23.1 Å². The van der Waals surface area contributed by atoms with E-state index in [1.54, 1.807) is 18.2 Å². The lowest BCUT2D eigenvalue weighted by Crippen LogP contribution is -2.47. The van der Waals surface area contributed by atoms with Crippen molar-refractivity contribution in [2.75, 3.05) is 11.9 Å². The zero-order chi connectivity index (χ0) is 20.3. The number of ether oxygens (including phenoxy) is 1. The molecule has 3 rings (SSSR count). The molecule has 3 amide bonds. The zero-order valence-corrected chi connectivity index (χ0v) is 15.5. The van der Waals surface area contributed by atoms with Gasteiger partial charge in [0.25, 0.3) is 0 Å². The molecule has 1 aliphatic rings. The maximum Gasteiger partial charge on any atom is 0.315 e. The molecule has 0 radical (unpaired) electrons. The summed E-state index contributed by atoms with van der Waals surface area (Å²) in [5.41, 5.74) is 1.83. The van der Waals surface area contributed by atoms with E-state index in [0.717, 1.165) is 11.6 Å². The van der Waals surface area contributed by atoms with Gasteiger partial charge in [0, 0.05) is 24.2 Å². The molecule has 1 aliphatic heterocycles. The van der Waals surface area contributed by atoms with Gasteiger partial charge in [-0.25, -0.2) is 13.6 Å². The number of fused-ring (bicyclic) bond motifs is 1. The van der Waals surface area contributed by atoms with Gasteiger partial charge in [0.2, 0.25) is 5.91 Å². The van der Waals surface area contributed by atoms with Crippen molar-refractivity contribution in [1.82, 2.24) is 10.6 Å². The first-order chi connectivity index (χ1) is 13.3. The average molecular weight is 389 g/mol. The van der Waals surface area contributed by atoms with Gasteiger partial charge in [0.15, 0.2) is 11.6 Å². The van der Waals surface area contributed by atoms with Crippen LogP contribution >= 0.6 is 0 Å². The van der Waals surface area contributed by atoms with Gasteiger partial charge in [-0.1, -0.05) is 12.1 Å². The van der Waals surface area contributed by atoms with Crippen molar-refractivity contribution in [2.45, 2.75) is 32.4 Å². The summed E-state index contributed by atoms with van der Waals surface area (Å²) in [6.45, 7) is 3.32. The summed E-state index contributed by atoms with van der Waals surface area (Å²) in [7, 11) is 0. The minimum Gasteiger partial charge on any atom is -0.488 e. The predicted molar refractivity (Wildman–Crippen MR) is 100 cm³/mol. The van der Waals surface area contributed by atoms with Crippen LogP contribution in [0, 0.1) is 11.6 Å². The maximum absolute atomic E-state index is 13.7. The Balaban J connectivity index is 1.59. The molecule has 0 bridgehead atoms. The van der Waals surface area contributed by atoms with Crippen LogP contribution in [0.3, 0.4) is 0 Å². The van der Waals surface area contributed by atoms with Crippen LogP contribution in [0.15, 0.2) is 36.4 Å². The number of nitrogens with one attached hydrogen (secondary N) is 3. The highest BCUT2D eigenvalue weighted by Gasteiger charge is 2.25. The lowest BCUT2D eigenvalue weighted by molar-refractivity contribution is -0.114. The first-order valence-electron chi connectivity index (χ1n) is 8.87. The molecule has 0 saturated carbocycles. The number of anilines is 1. The third-order valence-electron chi connectivity index (χ3n) is 4.37. The number of amides is 3. The molecule has 2 aromatic carbocycles. The second kappa shape index (κ2) is 8.24. The molecule has 0 saturated heterocycles. The molecule has 148 valence electrons. The van der Waals surface area contributed by atoms with E-state index >= 15 is 0 Å². The van der Waals surface area contributed by atoms with E-state index in [1.165, 1.54) is 13.0 Å². The van der Waals surface area contributed by atoms with E-state index in [1.807, 2.05) is 13.0 Å². The molecule has 2 atom stereocenters. The number of halogens is 2. The van der Waals surface area contributed by atoms with Crippen LogP contribution < -0.4 is 20.7 Å². The third kappa shape index (κ3) is 4.76. The standard InChI is InChI=1S/C20H21F2N3O3/c1-11(13-4-3-5-16(7-13)24-12(2)26)23-20(27)25-17-8-14-6-15(21)9-18(22)19(14)28-10-17/h3-7,9,11,17H,8,10H2,1-2H3,(H,24,26)(H2,23,25,27). The molecule has 3 N–H and O–H groups in total. The molecule has 0 aromatic heterocycles. The fourth-order valence-electron chi connectivity index (χ4n) is 3.12. The first-order valence-corrected chi connectivity index (χ1v) is 8.87. The Labute approximate surface area is 161 Å². The molecule has 0 aliphatic carbocycles. The Morgan fingerprint density at radius 2 is 2.00 bits per heavy atom. The highest BCUT2D eigenvalue weighted by molar-refractivity contribution is 5.88. The highest BCUT2D eigenvalue weighted by atomic mass is 19.1. The summed E-state index contributed by atoms with van der Waals surface area (Å²) >= 11 is 0. The van der Waals surface area contributed by atoms with Crippen LogP contribution in [0.1, 0.15) is 31.0 Å². The van der Waals surface area contributed by atoms with E-state index in [9.17, 15) is 18.4 Å². The van der Waals surface area contributed by atoms with Crippen LogP contribution in [0.2, 0.25) is 0 Å². The Morgan fingerprint density at radius 1 is 1.21 bits per heavy atom. The molecule has 6 nitrogen and oxygen atoms in total. The van der Waals surface area contributed by atoms with Gasteiger partial charge in [0.1, 0.15) is 12.4 Å². The fraction of sp³-hybridized carbons (Fsp3) is 0.300. The van der Waals surface area contributed by atoms with Crippen molar-refractivity contribution >= 4 is 17.6 Å². The SMILES string of the molecule is CC(=O)Nc1cccc(C(C)NC(=O)NC2COc3c(F)cc(F)cc3C2)c1. The quantitative estimate of drug-likeness (QED) is 0.751. The minimum absolute atomic E-state index is 0.0306. The molecule has 1 heterocycles. The maximum atomic E-state index is 13.7. The van der Waals surface area contributed by atoms with Gasteiger partial charge in [0.05, 0.1) is 12.1 Å². The van der Waals surface area contributed by atoms with Gasteiger partial charge < -0.3 is 20.7 Å². The molecule has 0 spiro atoms. The Hall–Kier alpha value is -3.16. The van der Waals surface area contributed by atoms with Crippen molar-refractivity contribution in [1.29, 1.82) is 0 Å². The second-order valence-corrected chi connectivity index (χ2v) is 6.73. The fourth-order valence-corrected chi connectivity index (χ4v) is 3.12. The minimum atomic E-state index is -0.745. The molecule has 0 fully saturated rings. The summed E-state index contributed by atoms with van der Waals surface area (Å²) in [4.78, 5) is 23.5. The first kappa shape index (κ1) is 19.6. The van der Waals surface area contributed by atoms with Crippen molar-refractivity contribution in [3.8, 4) is 5.75 Å². The van der Waals surface area contributed by atoms with Crippen LogP contribution in [0.4, 0.5) is 19.3 Å². The largest absolute Gasteiger partial charge is 0.488 e. The smallest absolute Gasteiger partial charge is 0.315 e.